The van der Waals surface area contributed by atoms with Crippen LogP contribution in [-0.4, -0.2) is 22.0 Å². The third-order valence-electron chi connectivity index (χ3n) is 3.03. The van der Waals surface area contributed by atoms with Crippen LogP contribution in [0.1, 0.15) is 19.3 Å². The van der Waals surface area contributed by atoms with Crippen molar-refractivity contribution in [3.8, 4) is 0 Å². The zero-order valence-electron chi connectivity index (χ0n) is 9.14. The Balaban J connectivity index is 2.30. The first kappa shape index (κ1) is 11.3. The van der Waals surface area contributed by atoms with Gasteiger partial charge in [-0.05, 0) is 31.4 Å². The normalized spacial score (nSPS) is 19.6. The number of carbonyl (C=O) groups excluding carboxylic acids is 1. The molecule has 1 aromatic carbocycles. The molecule has 1 fully saturated rings. The van der Waals surface area contributed by atoms with Crippen molar-refractivity contribution >= 4 is 16.8 Å². The molecule has 0 amide bonds. The van der Waals surface area contributed by atoms with E-state index in [1.54, 1.807) is 12.1 Å². The molecule has 1 aliphatic rings. The van der Waals surface area contributed by atoms with Crippen LogP contribution >= 0.6 is 0 Å². The number of rotatable bonds is 3. The van der Waals surface area contributed by atoms with Gasteiger partial charge in [-0.2, -0.15) is 0 Å². The summed E-state index contributed by atoms with van der Waals surface area (Å²) in [6, 6.07) is 9.11. The van der Waals surface area contributed by atoms with E-state index in [0.717, 1.165) is 6.42 Å². The van der Waals surface area contributed by atoms with Gasteiger partial charge in [-0.25, -0.2) is 0 Å². The first-order chi connectivity index (χ1) is 7.70. The predicted octanol–water partition coefficient (Wildman–Crippen LogP) is 1.89. The van der Waals surface area contributed by atoms with Gasteiger partial charge in [0.15, 0.2) is 0 Å². The lowest BCUT2D eigenvalue weighted by molar-refractivity contribution is -0.146. The van der Waals surface area contributed by atoms with Crippen LogP contribution in [0.3, 0.4) is 0 Å². The number of hydrogen-bond donors (Lipinski definition) is 0. The molecule has 1 aliphatic carbocycles. The minimum Gasteiger partial charge on any atom is -0.468 e. The van der Waals surface area contributed by atoms with Crippen molar-refractivity contribution in [3.05, 3.63) is 30.3 Å². The summed E-state index contributed by atoms with van der Waals surface area (Å²) >= 11 is 0. The number of esters is 1. The molecular formula is C12H14O3S. The van der Waals surface area contributed by atoms with Gasteiger partial charge in [0, 0.05) is 4.90 Å². The molecule has 2 rings (SSSR count). The highest BCUT2D eigenvalue weighted by atomic mass is 32.2. The monoisotopic (exact) mass is 238 g/mol. The molecule has 0 spiro atoms. The highest BCUT2D eigenvalue weighted by Gasteiger charge is 2.51. The molecular weight excluding hydrogens is 224 g/mol. The van der Waals surface area contributed by atoms with Gasteiger partial charge in [0.2, 0.25) is 0 Å². The van der Waals surface area contributed by atoms with Crippen LogP contribution in [0.25, 0.3) is 0 Å². The highest BCUT2D eigenvalue weighted by molar-refractivity contribution is 7.87. The van der Waals surface area contributed by atoms with Crippen molar-refractivity contribution in [2.75, 3.05) is 7.11 Å². The van der Waals surface area contributed by atoms with Gasteiger partial charge >= 0.3 is 5.97 Å². The van der Waals surface area contributed by atoms with Crippen LogP contribution < -0.4 is 0 Å². The second-order valence-corrected chi connectivity index (χ2v) is 5.71. The Kier molecular flexibility index (Phi) is 3.10. The number of benzene rings is 1. The maximum absolute atomic E-state index is 12.4. The molecule has 0 bridgehead atoms. The summed E-state index contributed by atoms with van der Waals surface area (Å²) in [6.45, 7) is 0. The second kappa shape index (κ2) is 4.37. The largest absolute Gasteiger partial charge is 0.468 e. The summed E-state index contributed by atoms with van der Waals surface area (Å²) in [5, 5.41) is 0. The predicted molar refractivity (Wildman–Crippen MR) is 61.4 cm³/mol. The Morgan fingerprint density at radius 3 is 2.38 bits per heavy atom. The molecule has 0 aliphatic heterocycles. The zero-order valence-corrected chi connectivity index (χ0v) is 9.96. The lowest BCUT2D eigenvalue weighted by Crippen LogP contribution is -2.49. The third kappa shape index (κ3) is 1.67. The maximum atomic E-state index is 12.4. The molecule has 86 valence electrons. The van der Waals surface area contributed by atoms with Gasteiger partial charge < -0.3 is 4.74 Å². The minimum absolute atomic E-state index is 0.346. The first-order valence-electron chi connectivity index (χ1n) is 5.26. The van der Waals surface area contributed by atoms with Gasteiger partial charge in [-0.15, -0.1) is 0 Å². The van der Waals surface area contributed by atoms with Crippen molar-refractivity contribution in [1.29, 1.82) is 0 Å². The van der Waals surface area contributed by atoms with E-state index in [1.165, 1.54) is 7.11 Å². The Labute approximate surface area is 97.3 Å². The van der Waals surface area contributed by atoms with Gasteiger partial charge in [0.1, 0.15) is 4.75 Å². The van der Waals surface area contributed by atoms with E-state index < -0.39 is 15.5 Å². The number of ether oxygens (including phenoxy) is 1. The summed E-state index contributed by atoms with van der Waals surface area (Å²) in [7, 11) is 0.0473. The highest BCUT2D eigenvalue weighted by Crippen LogP contribution is 2.41. The molecule has 4 heteroatoms. The van der Waals surface area contributed by atoms with Gasteiger partial charge in [0.05, 0.1) is 17.9 Å². The van der Waals surface area contributed by atoms with Crippen molar-refractivity contribution in [3.63, 3.8) is 0 Å². The van der Waals surface area contributed by atoms with Crippen LogP contribution in [0, 0.1) is 0 Å². The molecule has 0 N–H and O–H groups in total. The summed E-state index contributed by atoms with van der Waals surface area (Å²) < 4.78 is 16.3. The summed E-state index contributed by atoms with van der Waals surface area (Å²) in [6.07, 6.45) is 2.25. The lowest BCUT2D eigenvalue weighted by atomic mass is 9.84. The molecule has 0 heterocycles. The Morgan fingerprint density at radius 2 is 1.94 bits per heavy atom. The van der Waals surface area contributed by atoms with Gasteiger partial charge in [-0.3, -0.25) is 9.00 Å². The average Bonchev–Trinajstić information content (AvgIpc) is 2.28. The molecule has 1 atom stereocenters. The second-order valence-electron chi connectivity index (χ2n) is 3.92. The number of hydrogen-bond acceptors (Lipinski definition) is 3. The molecule has 16 heavy (non-hydrogen) atoms. The summed E-state index contributed by atoms with van der Waals surface area (Å²) in [5.74, 6) is -0.346. The summed E-state index contributed by atoms with van der Waals surface area (Å²) in [5.41, 5.74) is 0. The van der Waals surface area contributed by atoms with Gasteiger partial charge in [-0.1, -0.05) is 18.2 Å². The Hall–Kier alpha value is -1.16. The SMILES string of the molecule is COC(=O)C1(S(=O)c2ccccc2)CCC1. The smallest absolute Gasteiger partial charge is 0.324 e. The van der Waals surface area contributed by atoms with Crippen molar-refractivity contribution in [2.45, 2.75) is 28.9 Å². The minimum atomic E-state index is -1.30. The van der Waals surface area contributed by atoms with Crippen LogP contribution in [0.15, 0.2) is 35.2 Å². The zero-order chi connectivity index (χ0) is 11.6. The first-order valence-corrected chi connectivity index (χ1v) is 6.41. The fourth-order valence-electron chi connectivity index (χ4n) is 1.92. The van der Waals surface area contributed by atoms with Crippen LogP contribution in [0.2, 0.25) is 0 Å². The molecule has 3 nitrogen and oxygen atoms in total. The standard InChI is InChI=1S/C12H14O3S/c1-15-11(13)12(8-5-9-12)16(14)10-6-3-2-4-7-10/h2-4,6-7H,5,8-9H2,1H3. The van der Waals surface area contributed by atoms with E-state index in [1.807, 2.05) is 18.2 Å². The van der Waals surface area contributed by atoms with E-state index in [2.05, 4.69) is 0 Å². The van der Waals surface area contributed by atoms with Crippen molar-refractivity contribution in [1.82, 2.24) is 0 Å². The topological polar surface area (TPSA) is 43.4 Å². The quantitative estimate of drug-likeness (QED) is 0.755. The van der Waals surface area contributed by atoms with Crippen molar-refractivity contribution in [2.24, 2.45) is 0 Å². The number of carbonyl (C=O) groups is 1. The van der Waals surface area contributed by atoms with Crippen molar-refractivity contribution < 1.29 is 13.7 Å². The Bertz CT molecular complexity index is 410. The summed E-state index contributed by atoms with van der Waals surface area (Å²) in [4.78, 5) is 12.4. The van der Waals surface area contributed by atoms with E-state index in [-0.39, 0.29) is 5.97 Å². The maximum Gasteiger partial charge on any atom is 0.324 e. The average molecular weight is 238 g/mol. The number of methoxy groups -OCH3 is 1. The molecule has 1 unspecified atom stereocenters. The fourth-order valence-corrected chi connectivity index (χ4v) is 3.67. The van der Waals surface area contributed by atoms with Gasteiger partial charge in [0.25, 0.3) is 0 Å². The fraction of sp³-hybridized carbons (Fsp3) is 0.417. The molecule has 0 saturated heterocycles. The van der Waals surface area contributed by atoms with Crippen LogP contribution in [0.5, 0.6) is 0 Å². The Morgan fingerprint density at radius 1 is 1.31 bits per heavy atom. The third-order valence-corrected chi connectivity index (χ3v) is 5.02. The van der Waals surface area contributed by atoms with Crippen LogP contribution in [0.4, 0.5) is 0 Å². The van der Waals surface area contributed by atoms with E-state index in [0.29, 0.717) is 17.7 Å². The molecule has 1 aromatic rings. The molecule has 0 radical (unpaired) electrons. The van der Waals surface area contributed by atoms with Crippen LogP contribution in [-0.2, 0) is 20.3 Å². The lowest BCUT2D eigenvalue weighted by Gasteiger charge is -2.37. The van der Waals surface area contributed by atoms with E-state index in [9.17, 15) is 9.00 Å². The molecule has 1 saturated carbocycles. The van der Waals surface area contributed by atoms with E-state index >= 15 is 0 Å². The molecule has 0 aromatic heterocycles. The van der Waals surface area contributed by atoms with E-state index in [4.69, 9.17) is 4.74 Å².